The number of hydrogen-bond acceptors (Lipinski definition) is 5. The molecule has 192 valence electrons. The van der Waals surface area contributed by atoms with Crippen molar-refractivity contribution in [1.82, 2.24) is 20.1 Å². The number of amides is 3. The molecular formula is C29H33N5O3. The highest BCUT2D eigenvalue weighted by Crippen LogP contribution is 2.31. The predicted octanol–water partition coefficient (Wildman–Crippen LogP) is 2.89. The van der Waals surface area contributed by atoms with Crippen molar-refractivity contribution in [2.24, 2.45) is 11.7 Å². The van der Waals surface area contributed by atoms with Crippen LogP contribution in [0.25, 0.3) is 10.9 Å². The van der Waals surface area contributed by atoms with Gasteiger partial charge in [-0.2, -0.15) is 0 Å². The Hall–Kier alpha value is -3.78. The summed E-state index contributed by atoms with van der Waals surface area (Å²) in [5.41, 5.74) is 7.82. The number of pyridine rings is 1. The zero-order valence-corrected chi connectivity index (χ0v) is 20.9. The molecule has 2 heterocycles. The molecule has 8 nitrogen and oxygen atoms in total. The first kappa shape index (κ1) is 24.9. The van der Waals surface area contributed by atoms with E-state index in [1.165, 1.54) is 0 Å². The van der Waals surface area contributed by atoms with Gasteiger partial charge in [-0.1, -0.05) is 61.4 Å². The molecule has 8 heteroatoms. The maximum Gasteiger partial charge on any atom is 0.254 e. The van der Waals surface area contributed by atoms with Crippen molar-refractivity contribution in [2.45, 2.75) is 37.8 Å². The van der Waals surface area contributed by atoms with Crippen LogP contribution in [0, 0.1) is 5.92 Å². The molecular weight excluding hydrogens is 466 g/mol. The van der Waals surface area contributed by atoms with Crippen molar-refractivity contribution in [3.05, 3.63) is 78.0 Å². The fraction of sp³-hybridized carbons (Fsp3) is 0.379. The minimum absolute atomic E-state index is 0.0170. The third-order valence-corrected chi connectivity index (χ3v) is 7.72. The fourth-order valence-corrected chi connectivity index (χ4v) is 5.78. The molecule has 1 saturated carbocycles. The van der Waals surface area contributed by atoms with Crippen LogP contribution in [0.4, 0.5) is 0 Å². The highest BCUT2D eigenvalue weighted by atomic mass is 16.2. The molecule has 2 fully saturated rings. The number of nitrogens with zero attached hydrogens (tertiary/aromatic N) is 3. The van der Waals surface area contributed by atoms with E-state index in [1.54, 1.807) is 24.4 Å². The van der Waals surface area contributed by atoms with Crippen LogP contribution >= 0.6 is 0 Å². The summed E-state index contributed by atoms with van der Waals surface area (Å²) in [5.74, 6) is -0.893. The molecule has 0 unspecified atom stereocenters. The van der Waals surface area contributed by atoms with Crippen LogP contribution in [0.1, 0.15) is 47.6 Å². The molecule has 3 aromatic rings. The first-order valence-electron chi connectivity index (χ1n) is 13.0. The molecule has 2 aliphatic rings. The lowest BCUT2D eigenvalue weighted by Gasteiger charge is -2.44. The molecule has 5 rings (SSSR count). The van der Waals surface area contributed by atoms with E-state index < -0.39 is 11.9 Å². The lowest BCUT2D eigenvalue weighted by Crippen LogP contribution is -2.56. The third kappa shape index (κ3) is 5.34. The van der Waals surface area contributed by atoms with Crippen LogP contribution in [0.15, 0.2) is 66.9 Å². The van der Waals surface area contributed by atoms with E-state index in [0.29, 0.717) is 37.3 Å². The van der Waals surface area contributed by atoms with Crippen LogP contribution in [-0.2, 0) is 9.59 Å². The SMILES string of the molecule is NC(=O)[C@@H](NC(=O)[C@@H]1CCCC[C@H]1N1CCN(C(=O)c2ccnc3ccccc23)CC1)c1ccccc1. The summed E-state index contributed by atoms with van der Waals surface area (Å²) in [7, 11) is 0. The number of para-hydroxylation sites is 1. The summed E-state index contributed by atoms with van der Waals surface area (Å²) in [6.07, 6.45) is 5.43. The topological polar surface area (TPSA) is 109 Å². The van der Waals surface area contributed by atoms with E-state index in [4.69, 9.17) is 5.73 Å². The van der Waals surface area contributed by atoms with Gasteiger partial charge in [0.25, 0.3) is 5.91 Å². The number of nitrogens with one attached hydrogen (secondary N) is 1. The maximum atomic E-state index is 13.4. The second kappa shape index (κ2) is 11.1. The molecule has 1 saturated heterocycles. The van der Waals surface area contributed by atoms with Crippen LogP contribution in [0.2, 0.25) is 0 Å². The minimum Gasteiger partial charge on any atom is -0.368 e. The van der Waals surface area contributed by atoms with Crippen LogP contribution in [-0.4, -0.2) is 64.7 Å². The van der Waals surface area contributed by atoms with Crippen LogP contribution < -0.4 is 11.1 Å². The standard InChI is InChI=1S/C29H33N5O3/c30-27(35)26(20-8-2-1-3-9-20)32-28(36)23-11-5-7-13-25(23)33-16-18-34(19-17-33)29(37)22-14-15-31-24-12-6-4-10-21(22)24/h1-4,6,8-10,12,14-15,23,25-26H,5,7,11,13,16-19H2,(H2,30,35)(H,32,36)/t23-,25-,26+/m1/s1. The molecule has 37 heavy (non-hydrogen) atoms. The Morgan fingerprint density at radius 2 is 1.59 bits per heavy atom. The average molecular weight is 500 g/mol. The summed E-state index contributed by atoms with van der Waals surface area (Å²) < 4.78 is 0. The lowest BCUT2D eigenvalue weighted by atomic mass is 9.82. The monoisotopic (exact) mass is 499 g/mol. The molecule has 0 bridgehead atoms. The van der Waals surface area contributed by atoms with E-state index in [0.717, 1.165) is 36.6 Å². The molecule has 0 spiro atoms. The second-order valence-electron chi connectivity index (χ2n) is 9.92. The van der Waals surface area contributed by atoms with Gasteiger partial charge in [-0.3, -0.25) is 24.3 Å². The Labute approximate surface area is 216 Å². The van der Waals surface area contributed by atoms with E-state index >= 15 is 0 Å². The molecule has 3 atom stereocenters. The summed E-state index contributed by atoms with van der Waals surface area (Å²) in [5, 5.41) is 3.79. The van der Waals surface area contributed by atoms with Gasteiger partial charge in [-0.05, 0) is 30.5 Å². The van der Waals surface area contributed by atoms with Crippen LogP contribution in [0.5, 0.6) is 0 Å². The van der Waals surface area contributed by atoms with E-state index in [2.05, 4.69) is 15.2 Å². The van der Waals surface area contributed by atoms with Gasteiger partial charge >= 0.3 is 0 Å². The second-order valence-corrected chi connectivity index (χ2v) is 9.92. The normalized spacial score (nSPS) is 21.4. The zero-order chi connectivity index (χ0) is 25.8. The van der Waals surface area contributed by atoms with Gasteiger partial charge < -0.3 is 16.0 Å². The summed E-state index contributed by atoms with van der Waals surface area (Å²) >= 11 is 0. The number of piperazine rings is 1. The molecule has 1 aliphatic heterocycles. The maximum absolute atomic E-state index is 13.4. The van der Waals surface area contributed by atoms with Gasteiger partial charge in [0.1, 0.15) is 6.04 Å². The van der Waals surface area contributed by atoms with Crippen molar-refractivity contribution in [3.8, 4) is 0 Å². The van der Waals surface area contributed by atoms with Gasteiger partial charge in [0.2, 0.25) is 11.8 Å². The van der Waals surface area contributed by atoms with Crippen molar-refractivity contribution < 1.29 is 14.4 Å². The fourth-order valence-electron chi connectivity index (χ4n) is 5.78. The van der Waals surface area contributed by atoms with Crippen molar-refractivity contribution >= 4 is 28.6 Å². The number of aromatic nitrogens is 1. The highest BCUT2D eigenvalue weighted by molar-refractivity contribution is 6.06. The van der Waals surface area contributed by atoms with Crippen molar-refractivity contribution in [2.75, 3.05) is 26.2 Å². The van der Waals surface area contributed by atoms with Crippen LogP contribution in [0.3, 0.4) is 0 Å². The minimum atomic E-state index is -0.846. The first-order valence-corrected chi connectivity index (χ1v) is 13.0. The number of benzene rings is 2. The molecule has 3 amide bonds. The number of nitrogens with two attached hydrogens (primary N) is 1. The number of carbonyl (C=O) groups excluding carboxylic acids is 3. The Kier molecular flexibility index (Phi) is 7.46. The number of hydrogen-bond donors (Lipinski definition) is 2. The third-order valence-electron chi connectivity index (χ3n) is 7.72. The lowest BCUT2D eigenvalue weighted by molar-refractivity contribution is -0.133. The highest BCUT2D eigenvalue weighted by Gasteiger charge is 2.38. The first-order chi connectivity index (χ1) is 18.0. The van der Waals surface area contributed by atoms with Crippen molar-refractivity contribution in [3.63, 3.8) is 0 Å². The Morgan fingerprint density at radius 1 is 0.892 bits per heavy atom. The molecule has 3 N–H and O–H groups in total. The van der Waals surface area contributed by atoms with Gasteiger partial charge in [0, 0.05) is 43.8 Å². The number of carbonyl (C=O) groups is 3. The van der Waals surface area contributed by atoms with Gasteiger partial charge in [0.05, 0.1) is 17.0 Å². The molecule has 1 aliphatic carbocycles. The molecule has 1 aromatic heterocycles. The quantitative estimate of drug-likeness (QED) is 0.542. The van der Waals surface area contributed by atoms with Gasteiger partial charge in [-0.15, -0.1) is 0 Å². The Morgan fingerprint density at radius 3 is 2.35 bits per heavy atom. The Bertz CT molecular complexity index is 1270. The van der Waals surface area contributed by atoms with E-state index in [1.807, 2.05) is 47.4 Å². The van der Waals surface area contributed by atoms with E-state index in [9.17, 15) is 14.4 Å². The number of fused-ring (bicyclic) bond motifs is 1. The number of primary amides is 1. The summed E-state index contributed by atoms with van der Waals surface area (Å²) in [6.45, 7) is 2.63. The van der Waals surface area contributed by atoms with Gasteiger partial charge in [-0.25, -0.2) is 0 Å². The summed E-state index contributed by atoms with van der Waals surface area (Å²) in [6, 6.07) is 17.9. The zero-order valence-electron chi connectivity index (χ0n) is 20.9. The summed E-state index contributed by atoms with van der Waals surface area (Å²) in [4.78, 5) is 47.5. The predicted molar refractivity (Wildman–Crippen MR) is 141 cm³/mol. The molecule has 2 aromatic carbocycles. The number of rotatable bonds is 6. The van der Waals surface area contributed by atoms with E-state index in [-0.39, 0.29) is 23.8 Å². The largest absolute Gasteiger partial charge is 0.368 e. The average Bonchev–Trinajstić information content (AvgIpc) is 2.95. The molecule has 0 radical (unpaired) electrons. The van der Waals surface area contributed by atoms with Crippen molar-refractivity contribution in [1.29, 1.82) is 0 Å². The van der Waals surface area contributed by atoms with Gasteiger partial charge in [0.15, 0.2) is 0 Å². The Balaban J connectivity index is 1.25. The smallest absolute Gasteiger partial charge is 0.254 e.